The summed E-state index contributed by atoms with van der Waals surface area (Å²) in [7, 11) is 1.25. The fourth-order valence-corrected chi connectivity index (χ4v) is 2.49. The number of anilines is 1. The standard InChI is InChI=1S/C12H12N4O3/c1-6-13-7-4-3-5-12(16-11(18)19-2)8(7)9(14-6)15-10(12)17/h3-4H,5H2,1-2H3,(H,16,18)(H,13,14,15,17). The summed E-state index contributed by atoms with van der Waals surface area (Å²) in [5.74, 6) is 0.695. The van der Waals surface area contributed by atoms with Crippen LogP contribution in [0, 0.1) is 6.92 Å². The van der Waals surface area contributed by atoms with Gasteiger partial charge in [-0.1, -0.05) is 6.08 Å². The Bertz CT molecular complexity index is 626. The molecule has 0 spiro atoms. The summed E-state index contributed by atoms with van der Waals surface area (Å²) in [5, 5.41) is 5.29. The molecule has 19 heavy (non-hydrogen) atoms. The Morgan fingerprint density at radius 2 is 2.32 bits per heavy atom. The molecule has 7 heteroatoms. The average Bonchev–Trinajstić information content (AvgIpc) is 2.63. The largest absolute Gasteiger partial charge is 0.453 e. The van der Waals surface area contributed by atoms with E-state index in [2.05, 4.69) is 25.3 Å². The molecule has 2 heterocycles. The minimum absolute atomic E-state index is 0.321. The van der Waals surface area contributed by atoms with Crippen molar-refractivity contribution in [2.45, 2.75) is 18.9 Å². The van der Waals surface area contributed by atoms with Gasteiger partial charge in [-0.3, -0.25) is 4.79 Å². The summed E-state index contributed by atoms with van der Waals surface area (Å²) < 4.78 is 4.60. The topological polar surface area (TPSA) is 93.2 Å². The molecule has 0 saturated heterocycles. The first-order valence-electron chi connectivity index (χ1n) is 5.80. The minimum atomic E-state index is -1.17. The van der Waals surface area contributed by atoms with Crippen molar-refractivity contribution in [1.29, 1.82) is 0 Å². The number of amides is 2. The van der Waals surface area contributed by atoms with Gasteiger partial charge in [-0.15, -0.1) is 0 Å². The first kappa shape index (κ1) is 11.6. The van der Waals surface area contributed by atoms with Crippen LogP contribution in [0.25, 0.3) is 6.08 Å². The molecule has 1 aliphatic heterocycles. The van der Waals surface area contributed by atoms with E-state index >= 15 is 0 Å². The Balaban J connectivity index is 2.19. The highest BCUT2D eigenvalue weighted by atomic mass is 16.5. The first-order valence-corrected chi connectivity index (χ1v) is 5.80. The van der Waals surface area contributed by atoms with Crippen molar-refractivity contribution < 1.29 is 14.3 Å². The molecule has 2 aliphatic rings. The second-order valence-electron chi connectivity index (χ2n) is 4.46. The van der Waals surface area contributed by atoms with Gasteiger partial charge in [0.25, 0.3) is 5.91 Å². The zero-order valence-corrected chi connectivity index (χ0v) is 10.5. The average molecular weight is 260 g/mol. The van der Waals surface area contributed by atoms with Crippen molar-refractivity contribution in [3.63, 3.8) is 0 Å². The normalized spacial score (nSPS) is 22.7. The summed E-state index contributed by atoms with van der Waals surface area (Å²) in [6.45, 7) is 1.75. The fraction of sp³-hybridized carbons (Fsp3) is 0.333. The molecule has 1 aromatic rings. The quantitative estimate of drug-likeness (QED) is 0.775. The van der Waals surface area contributed by atoms with E-state index in [1.807, 2.05) is 6.08 Å². The van der Waals surface area contributed by atoms with Crippen molar-refractivity contribution in [3.05, 3.63) is 23.2 Å². The van der Waals surface area contributed by atoms with Crippen LogP contribution in [-0.2, 0) is 15.1 Å². The molecule has 1 aromatic heterocycles. The van der Waals surface area contributed by atoms with Gasteiger partial charge in [-0.05, 0) is 13.0 Å². The van der Waals surface area contributed by atoms with E-state index in [1.165, 1.54) is 7.11 Å². The molecule has 0 fully saturated rings. The summed E-state index contributed by atoms with van der Waals surface area (Å²) >= 11 is 0. The second-order valence-corrected chi connectivity index (χ2v) is 4.46. The van der Waals surface area contributed by atoms with E-state index in [4.69, 9.17) is 0 Å². The van der Waals surface area contributed by atoms with Crippen molar-refractivity contribution in [1.82, 2.24) is 15.3 Å². The van der Waals surface area contributed by atoms with E-state index in [-0.39, 0.29) is 5.91 Å². The van der Waals surface area contributed by atoms with Crippen LogP contribution < -0.4 is 10.6 Å². The number of nitrogens with one attached hydrogen (secondary N) is 2. The molecule has 1 aliphatic carbocycles. The van der Waals surface area contributed by atoms with Gasteiger partial charge in [-0.2, -0.15) is 0 Å². The van der Waals surface area contributed by atoms with Crippen LogP contribution in [0.15, 0.2) is 6.08 Å². The Labute approximate surface area is 109 Å². The van der Waals surface area contributed by atoms with Crippen LogP contribution in [0.3, 0.4) is 0 Å². The van der Waals surface area contributed by atoms with Crippen LogP contribution in [-0.4, -0.2) is 29.1 Å². The highest BCUT2D eigenvalue weighted by Crippen LogP contribution is 2.42. The molecule has 0 saturated carbocycles. The number of ether oxygens (including phenoxy) is 1. The molecule has 0 radical (unpaired) electrons. The number of methoxy groups -OCH3 is 1. The lowest BCUT2D eigenvalue weighted by Gasteiger charge is -2.29. The molecular weight excluding hydrogens is 248 g/mol. The molecule has 1 unspecified atom stereocenters. The Kier molecular flexibility index (Phi) is 2.31. The molecular formula is C12H12N4O3. The van der Waals surface area contributed by atoms with Crippen LogP contribution in [0.4, 0.5) is 10.6 Å². The van der Waals surface area contributed by atoms with Crippen LogP contribution in [0.2, 0.25) is 0 Å². The smallest absolute Gasteiger partial charge is 0.408 e. The van der Waals surface area contributed by atoms with Crippen molar-refractivity contribution in [2.24, 2.45) is 0 Å². The molecule has 2 amide bonds. The number of hydrogen-bond acceptors (Lipinski definition) is 5. The van der Waals surface area contributed by atoms with Crippen molar-refractivity contribution >= 4 is 23.9 Å². The summed E-state index contributed by atoms with van der Waals surface area (Å²) in [6, 6.07) is 0. The van der Waals surface area contributed by atoms with Crippen molar-refractivity contribution in [3.8, 4) is 0 Å². The number of alkyl carbamates (subject to hydrolysis) is 1. The molecule has 0 bridgehead atoms. The molecule has 3 rings (SSSR count). The number of hydrogen-bond donors (Lipinski definition) is 2. The number of nitrogens with zero attached hydrogens (tertiary/aromatic N) is 2. The minimum Gasteiger partial charge on any atom is -0.453 e. The van der Waals surface area contributed by atoms with E-state index in [0.29, 0.717) is 29.3 Å². The summed E-state index contributed by atoms with van der Waals surface area (Å²) in [5.41, 5.74) is 0.0831. The monoisotopic (exact) mass is 260 g/mol. The van der Waals surface area contributed by atoms with Gasteiger partial charge in [0, 0.05) is 6.42 Å². The fourth-order valence-electron chi connectivity index (χ4n) is 2.49. The predicted octanol–water partition coefficient (Wildman–Crippen LogP) is 0.705. The Morgan fingerprint density at radius 3 is 3.05 bits per heavy atom. The van der Waals surface area contributed by atoms with E-state index in [9.17, 15) is 9.59 Å². The first-order chi connectivity index (χ1) is 9.06. The van der Waals surface area contributed by atoms with Gasteiger partial charge < -0.3 is 15.4 Å². The third kappa shape index (κ3) is 1.51. The maximum Gasteiger partial charge on any atom is 0.408 e. The number of carbonyl (C=O) groups excluding carboxylic acids is 2. The lowest BCUT2D eigenvalue weighted by atomic mass is 9.84. The highest BCUT2D eigenvalue weighted by Gasteiger charge is 2.51. The van der Waals surface area contributed by atoms with Gasteiger partial charge in [0.05, 0.1) is 18.4 Å². The zero-order chi connectivity index (χ0) is 13.6. The predicted molar refractivity (Wildman–Crippen MR) is 66.3 cm³/mol. The molecule has 7 nitrogen and oxygen atoms in total. The third-order valence-electron chi connectivity index (χ3n) is 3.30. The van der Waals surface area contributed by atoms with E-state index in [0.717, 1.165) is 0 Å². The zero-order valence-electron chi connectivity index (χ0n) is 10.5. The van der Waals surface area contributed by atoms with Gasteiger partial charge in [0.2, 0.25) is 0 Å². The summed E-state index contributed by atoms with van der Waals surface area (Å²) in [4.78, 5) is 32.3. The second kappa shape index (κ2) is 3.78. The molecule has 2 N–H and O–H groups in total. The Hall–Kier alpha value is -2.44. The van der Waals surface area contributed by atoms with E-state index < -0.39 is 11.6 Å². The number of rotatable bonds is 1. The Morgan fingerprint density at radius 1 is 1.53 bits per heavy atom. The molecule has 0 aromatic carbocycles. The summed E-state index contributed by atoms with van der Waals surface area (Å²) in [6.07, 6.45) is 3.31. The van der Waals surface area contributed by atoms with Crippen LogP contribution >= 0.6 is 0 Å². The van der Waals surface area contributed by atoms with Gasteiger partial charge in [-0.25, -0.2) is 14.8 Å². The van der Waals surface area contributed by atoms with Gasteiger partial charge >= 0.3 is 6.09 Å². The van der Waals surface area contributed by atoms with Crippen LogP contribution in [0.5, 0.6) is 0 Å². The van der Waals surface area contributed by atoms with Crippen LogP contribution in [0.1, 0.15) is 23.5 Å². The number of carbonyl (C=O) groups is 2. The third-order valence-corrected chi connectivity index (χ3v) is 3.30. The van der Waals surface area contributed by atoms with Gasteiger partial charge in [0.15, 0.2) is 5.54 Å². The molecule has 1 atom stereocenters. The van der Waals surface area contributed by atoms with Gasteiger partial charge in [0.1, 0.15) is 11.6 Å². The number of aromatic nitrogens is 2. The molecule has 98 valence electrons. The van der Waals surface area contributed by atoms with Crippen molar-refractivity contribution in [2.75, 3.05) is 12.4 Å². The number of aryl methyl sites for hydroxylation is 1. The lowest BCUT2D eigenvalue weighted by molar-refractivity contribution is -0.121. The SMILES string of the molecule is COC(=O)NC12CC=Cc3nc(C)nc(c31)NC2=O. The highest BCUT2D eigenvalue weighted by molar-refractivity contribution is 6.08. The lowest BCUT2D eigenvalue weighted by Crippen LogP contribution is -2.51. The van der Waals surface area contributed by atoms with E-state index in [1.54, 1.807) is 13.0 Å². The maximum absolute atomic E-state index is 12.3. The maximum atomic E-state index is 12.3.